The Morgan fingerprint density at radius 2 is 1.92 bits per heavy atom. The molecule has 1 saturated heterocycles. The molecule has 0 saturated carbocycles. The van der Waals surface area contributed by atoms with Crippen molar-refractivity contribution >= 4 is 11.9 Å². The van der Waals surface area contributed by atoms with Gasteiger partial charge in [-0.2, -0.15) is 0 Å². The van der Waals surface area contributed by atoms with E-state index in [1.54, 1.807) is 0 Å². The second-order valence-corrected chi connectivity index (χ2v) is 5.88. The van der Waals surface area contributed by atoms with Gasteiger partial charge in [0.05, 0.1) is 32.3 Å². The van der Waals surface area contributed by atoms with Crippen LogP contribution >= 0.6 is 0 Å². The minimum absolute atomic E-state index is 0.0458. The fourth-order valence-electron chi connectivity index (χ4n) is 2.77. The van der Waals surface area contributed by atoms with Crippen molar-refractivity contribution in [2.45, 2.75) is 57.7 Å². The highest BCUT2D eigenvalue weighted by Crippen LogP contribution is 2.27. The van der Waals surface area contributed by atoms with Crippen molar-refractivity contribution in [2.24, 2.45) is 0 Å². The van der Waals surface area contributed by atoms with Gasteiger partial charge in [-0.25, -0.2) is 0 Å². The minimum atomic E-state index is -0.529. The first kappa shape index (κ1) is 18.4. The molecule has 0 aromatic heterocycles. The Morgan fingerprint density at radius 3 is 2.54 bits per heavy atom. The molecule has 24 heavy (non-hydrogen) atoms. The Morgan fingerprint density at radius 1 is 1.21 bits per heavy atom. The van der Waals surface area contributed by atoms with Crippen molar-refractivity contribution in [3.8, 4) is 0 Å². The predicted octanol–water partition coefficient (Wildman–Crippen LogP) is 2.24. The van der Waals surface area contributed by atoms with E-state index in [1.807, 2.05) is 37.3 Å². The van der Waals surface area contributed by atoms with Crippen LogP contribution in [0.5, 0.6) is 0 Å². The predicted molar refractivity (Wildman–Crippen MR) is 86.2 cm³/mol. The zero-order chi connectivity index (χ0) is 17.5. The van der Waals surface area contributed by atoms with Gasteiger partial charge in [0.1, 0.15) is 12.2 Å². The highest BCUT2D eigenvalue weighted by atomic mass is 16.6. The monoisotopic (exact) mass is 336 g/mol. The molecule has 0 radical (unpaired) electrons. The zero-order valence-corrected chi connectivity index (χ0v) is 14.3. The van der Waals surface area contributed by atoms with Crippen LogP contribution in [0.3, 0.4) is 0 Å². The van der Waals surface area contributed by atoms with Crippen molar-refractivity contribution in [3.05, 3.63) is 35.9 Å². The highest BCUT2D eigenvalue weighted by Gasteiger charge is 2.39. The molecule has 132 valence electrons. The molecule has 1 aliphatic heterocycles. The molecule has 0 aliphatic carbocycles. The Balaban J connectivity index is 1.98. The van der Waals surface area contributed by atoms with E-state index in [0.29, 0.717) is 13.0 Å². The number of hydrogen-bond acceptors (Lipinski definition) is 6. The molecule has 1 fully saturated rings. The molecule has 0 N–H and O–H groups in total. The molecule has 1 aliphatic rings. The summed E-state index contributed by atoms with van der Waals surface area (Å²) in [4.78, 5) is 22.9. The summed E-state index contributed by atoms with van der Waals surface area (Å²) in [6.45, 7) is 3.69. The van der Waals surface area contributed by atoms with Crippen molar-refractivity contribution in [3.63, 3.8) is 0 Å². The molecule has 6 heteroatoms. The van der Waals surface area contributed by atoms with E-state index in [1.165, 1.54) is 14.0 Å². The summed E-state index contributed by atoms with van der Waals surface area (Å²) in [5, 5.41) is 0. The average molecular weight is 336 g/mol. The summed E-state index contributed by atoms with van der Waals surface area (Å²) in [6.07, 6.45) is -0.954. The molecular weight excluding hydrogens is 312 g/mol. The first-order chi connectivity index (χ1) is 11.5. The van der Waals surface area contributed by atoms with Crippen LogP contribution in [0.25, 0.3) is 0 Å². The molecule has 2 rings (SSSR count). The Hall–Kier alpha value is -1.92. The second-order valence-electron chi connectivity index (χ2n) is 5.88. The van der Waals surface area contributed by atoms with E-state index in [4.69, 9.17) is 14.2 Å². The molecular formula is C18H24O6. The van der Waals surface area contributed by atoms with Crippen LogP contribution in [0.1, 0.15) is 32.3 Å². The summed E-state index contributed by atoms with van der Waals surface area (Å²) in [6, 6.07) is 9.82. The maximum atomic E-state index is 11.5. The molecule has 0 unspecified atom stereocenters. The summed E-state index contributed by atoms with van der Waals surface area (Å²) in [7, 11) is 1.32. The second kappa shape index (κ2) is 8.80. The number of carbonyl (C=O) groups excluding carboxylic acids is 2. The van der Waals surface area contributed by atoms with Crippen LogP contribution in [0, 0.1) is 0 Å². The van der Waals surface area contributed by atoms with E-state index in [9.17, 15) is 9.59 Å². The fourth-order valence-corrected chi connectivity index (χ4v) is 2.77. The fraction of sp³-hybridized carbons (Fsp3) is 0.556. The van der Waals surface area contributed by atoms with Gasteiger partial charge < -0.3 is 18.9 Å². The van der Waals surface area contributed by atoms with E-state index in [-0.39, 0.29) is 18.6 Å². The molecule has 1 heterocycles. The van der Waals surface area contributed by atoms with Gasteiger partial charge in [-0.05, 0) is 12.5 Å². The zero-order valence-electron chi connectivity index (χ0n) is 14.3. The average Bonchev–Trinajstić information content (AvgIpc) is 2.56. The van der Waals surface area contributed by atoms with Gasteiger partial charge in [-0.3, -0.25) is 9.59 Å². The lowest BCUT2D eigenvalue weighted by Crippen LogP contribution is -2.49. The van der Waals surface area contributed by atoms with E-state index in [0.717, 1.165) is 5.56 Å². The largest absolute Gasteiger partial charge is 0.469 e. The number of carbonyl (C=O) groups is 2. The van der Waals surface area contributed by atoms with E-state index in [2.05, 4.69) is 4.74 Å². The first-order valence-corrected chi connectivity index (χ1v) is 8.04. The summed E-state index contributed by atoms with van der Waals surface area (Å²) < 4.78 is 21.8. The molecule has 4 atom stereocenters. The van der Waals surface area contributed by atoms with Gasteiger partial charge in [0.15, 0.2) is 0 Å². The van der Waals surface area contributed by atoms with Gasteiger partial charge in [0.2, 0.25) is 0 Å². The lowest BCUT2D eigenvalue weighted by atomic mass is 9.96. The standard InChI is InChI=1S/C18H24O6/c1-12-15(22-11-14-7-5-4-6-8-14)9-16(24-13(2)19)17(23-12)10-18(20)21-3/h4-8,12,15-17H,9-11H2,1-3H3/t12-,15+,16-,17+/m1/s1. The molecule has 1 aromatic rings. The Labute approximate surface area is 142 Å². The van der Waals surface area contributed by atoms with Crippen molar-refractivity contribution in [1.29, 1.82) is 0 Å². The third-order valence-electron chi connectivity index (χ3n) is 4.01. The van der Waals surface area contributed by atoms with Crippen molar-refractivity contribution in [2.75, 3.05) is 7.11 Å². The number of rotatable bonds is 6. The highest BCUT2D eigenvalue weighted by molar-refractivity contribution is 5.70. The van der Waals surface area contributed by atoms with Crippen LogP contribution in [0.4, 0.5) is 0 Å². The van der Waals surface area contributed by atoms with Crippen molar-refractivity contribution in [1.82, 2.24) is 0 Å². The third-order valence-corrected chi connectivity index (χ3v) is 4.01. The Bertz CT molecular complexity index is 544. The first-order valence-electron chi connectivity index (χ1n) is 8.04. The lowest BCUT2D eigenvalue weighted by molar-refractivity contribution is -0.202. The van der Waals surface area contributed by atoms with Gasteiger partial charge in [0, 0.05) is 13.3 Å². The van der Waals surface area contributed by atoms with Gasteiger partial charge in [-0.15, -0.1) is 0 Å². The van der Waals surface area contributed by atoms with E-state index < -0.39 is 24.1 Å². The summed E-state index contributed by atoms with van der Waals surface area (Å²) >= 11 is 0. The molecule has 1 aromatic carbocycles. The lowest BCUT2D eigenvalue weighted by Gasteiger charge is -2.39. The van der Waals surface area contributed by atoms with Gasteiger partial charge in [0.25, 0.3) is 0 Å². The number of benzene rings is 1. The van der Waals surface area contributed by atoms with Crippen molar-refractivity contribution < 1.29 is 28.5 Å². The van der Waals surface area contributed by atoms with Crippen LogP contribution in [-0.4, -0.2) is 43.5 Å². The SMILES string of the molecule is COC(=O)C[C@@H]1O[C@H](C)[C@@H](OCc2ccccc2)C[C@H]1OC(C)=O. The van der Waals surface area contributed by atoms with Crippen LogP contribution in [-0.2, 0) is 35.1 Å². The number of ether oxygens (including phenoxy) is 4. The quantitative estimate of drug-likeness (QED) is 0.742. The number of hydrogen-bond donors (Lipinski definition) is 0. The maximum absolute atomic E-state index is 11.5. The van der Waals surface area contributed by atoms with Crippen LogP contribution < -0.4 is 0 Å². The Kier molecular flexibility index (Phi) is 6.75. The van der Waals surface area contributed by atoms with Crippen LogP contribution in [0.15, 0.2) is 30.3 Å². The molecule has 6 nitrogen and oxygen atoms in total. The maximum Gasteiger partial charge on any atom is 0.308 e. The number of esters is 2. The van der Waals surface area contributed by atoms with E-state index >= 15 is 0 Å². The number of methoxy groups -OCH3 is 1. The minimum Gasteiger partial charge on any atom is -0.469 e. The molecule has 0 spiro atoms. The topological polar surface area (TPSA) is 71.1 Å². The summed E-state index contributed by atoms with van der Waals surface area (Å²) in [5.74, 6) is -0.803. The normalized spacial score (nSPS) is 26.6. The molecule has 0 amide bonds. The van der Waals surface area contributed by atoms with Gasteiger partial charge in [-0.1, -0.05) is 30.3 Å². The van der Waals surface area contributed by atoms with Crippen LogP contribution in [0.2, 0.25) is 0 Å². The third kappa shape index (κ3) is 5.32. The van der Waals surface area contributed by atoms with Gasteiger partial charge >= 0.3 is 11.9 Å². The smallest absolute Gasteiger partial charge is 0.308 e. The molecule has 0 bridgehead atoms. The summed E-state index contributed by atoms with van der Waals surface area (Å²) in [5.41, 5.74) is 1.06.